The summed E-state index contributed by atoms with van der Waals surface area (Å²) in [6, 6.07) is 14.1. The summed E-state index contributed by atoms with van der Waals surface area (Å²) in [5, 5.41) is 3.43. The van der Waals surface area contributed by atoms with Crippen molar-refractivity contribution in [3.63, 3.8) is 0 Å². The zero-order chi connectivity index (χ0) is 17.4. The number of carbonyl (C=O) groups is 2. The minimum Gasteiger partial charge on any atom is -0.483 e. The molecule has 0 aliphatic heterocycles. The normalized spacial score (nSPS) is 10.1. The van der Waals surface area contributed by atoms with Crippen LogP contribution in [-0.4, -0.2) is 32.1 Å². The van der Waals surface area contributed by atoms with Crippen LogP contribution >= 0.6 is 11.6 Å². The third-order valence-electron chi connectivity index (χ3n) is 3.28. The quantitative estimate of drug-likeness (QED) is 0.782. The average Bonchev–Trinajstić information content (AvgIpc) is 2.59. The second kappa shape index (κ2) is 8.93. The van der Waals surface area contributed by atoms with Crippen LogP contribution in [0.5, 0.6) is 5.75 Å². The van der Waals surface area contributed by atoms with Crippen molar-refractivity contribution in [2.75, 3.05) is 20.3 Å². The van der Waals surface area contributed by atoms with Crippen LogP contribution in [0.4, 0.5) is 0 Å². The molecule has 126 valence electrons. The Labute approximate surface area is 145 Å². The number of para-hydroxylation sites is 1. The number of hydrogen-bond acceptors (Lipinski definition) is 4. The zero-order valence-electron chi connectivity index (χ0n) is 13.3. The summed E-state index contributed by atoms with van der Waals surface area (Å²) in [5.41, 5.74) is 1.33. The molecule has 24 heavy (non-hydrogen) atoms. The molecule has 5 nitrogen and oxygen atoms in total. The Bertz CT molecular complexity index is 718. The van der Waals surface area contributed by atoms with Gasteiger partial charge >= 0.3 is 5.97 Å². The molecule has 0 radical (unpaired) electrons. The first-order chi connectivity index (χ1) is 11.6. The third kappa shape index (κ3) is 5.28. The number of amides is 1. The Morgan fingerprint density at radius 1 is 1.12 bits per heavy atom. The Hall–Kier alpha value is -2.53. The molecule has 0 atom stereocenters. The lowest BCUT2D eigenvalue weighted by atomic mass is 10.1. The first-order valence-electron chi connectivity index (χ1n) is 7.41. The third-order valence-corrected chi connectivity index (χ3v) is 3.51. The second-order valence-electron chi connectivity index (χ2n) is 5.01. The van der Waals surface area contributed by atoms with Gasteiger partial charge in [-0.3, -0.25) is 4.79 Å². The van der Waals surface area contributed by atoms with E-state index in [1.807, 2.05) is 18.2 Å². The lowest BCUT2D eigenvalue weighted by Gasteiger charge is -2.10. The van der Waals surface area contributed by atoms with Gasteiger partial charge in [-0.25, -0.2) is 4.79 Å². The van der Waals surface area contributed by atoms with Gasteiger partial charge in [0.1, 0.15) is 11.3 Å². The van der Waals surface area contributed by atoms with Gasteiger partial charge in [0.15, 0.2) is 6.61 Å². The summed E-state index contributed by atoms with van der Waals surface area (Å²) < 4.78 is 10.1. The number of methoxy groups -OCH3 is 1. The molecule has 0 saturated carbocycles. The molecular weight excluding hydrogens is 330 g/mol. The predicted molar refractivity (Wildman–Crippen MR) is 91.4 cm³/mol. The van der Waals surface area contributed by atoms with Crippen LogP contribution < -0.4 is 10.1 Å². The highest BCUT2D eigenvalue weighted by Crippen LogP contribution is 2.18. The number of carbonyl (C=O) groups excluding carboxylic acids is 2. The molecule has 0 unspecified atom stereocenters. The maximum Gasteiger partial charge on any atom is 0.341 e. The van der Waals surface area contributed by atoms with E-state index in [9.17, 15) is 9.59 Å². The van der Waals surface area contributed by atoms with Crippen molar-refractivity contribution in [2.24, 2.45) is 0 Å². The van der Waals surface area contributed by atoms with Crippen LogP contribution in [0.1, 0.15) is 15.9 Å². The maximum atomic E-state index is 11.8. The molecule has 1 N–H and O–H groups in total. The van der Waals surface area contributed by atoms with Gasteiger partial charge in [0.05, 0.1) is 7.11 Å². The Morgan fingerprint density at radius 2 is 1.92 bits per heavy atom. The van der Waals surface area contributed by atoms with Crippen LogP contribution in [-0.2, 0) is 16.0 Å². The van der Waals surface area contributed by atoms with Gasteiger partial charge in [0.25, 0.3) is 5.91 Å². The summed E-state index contributed by atoms with van der Waals surface area (Å²) >= 11 is 5.91. The summed E-state index contributed by atoms with van der Waals surface area (Å²) in [4.78, 5) is 23.5. The van der Waals surface area contributed by atoms with Crippen molar-refractivity contribution in [1.29, 1.82) is 0 Å². The van der Waals surface area contributed by atoms with E-state index in [1.165, 1.54) is 7.11 Å². The number of rotatable bonds is 7. The zero-order valence-corrected chi connectivity index (χ0v) is 14.0. The Morgan fingerprint density at radius 3 is 2.67 bits per heavy atom. The molecule has 0 saturated heterocycles. The molecule has 6 heteroatoms. The van der Waals surface area contributed by atoms with Gasteiger partial charge in [0, 0.05) is 11.6 Å². The summed E-state index contributed by atoms with van der Waals surface area (Å²) in [6.45, 7) is 0.296. The fourth-order valence-corrected chi connectivity index (χ4v) is 2.32. The van der Waals surface area contributed by atoms with Gasteiger partial charge in [0.2, 0.25) is 0 Å². The SMILES string of the molecule is COC(=O)c1ccccc1OCC(=O)NCCc1cccc(Cl)c1. The topological polar surface area (TPSA) is 64.6 Å². The largest absolute Gasteiger partial charge is 0.483 e. The molecule has 0 aromatic heterocycles. The van der Waals surface area contributed by atoms with Crippen molar-refractivity contribution >= 4 is 23.5 Å². The average molecular weight is 348 g/mol. The van der Waals surface area contributed by atoms with Crippen molar-refractivity contribution < 1.29 is 19.1 Å². The lowest BCUT2D eigenvalue weighted by Crippen LogP contribution is -2.30. The second-order valence-corrected chi connectivity index (χ2v) is 5.44. The lowest BCUT2D eigenvalue weighted by molar-refractivity contribution is -0.123. The molecule has 0 spiro atoms. The number of ether oxygens (including phenoxy) is 2. The van der Waals surface area contributed by atoms with E-state index in [0.29, 0.717) is 23.7 Å². The molecule has 2 rings (SSSR count). The molecule has 0 heterocycles. The minimum atomic E-state index is -0.507. The number of nitrogens with one attached hydrogen (secondary N) is 1. The van der Waals surface area contributed by atoms with Crippen molar-refractivity contribution in [3.05, 3.63) is 64.7 Å². The minimum absolute atomic E-state index is 0.177. The number of esters is 1. The van der Waals surface area contributed by atoms with Gasteiger partial charge in [-0.1, -0.05) is 35.9 Å². The molecule has 1 amide bonds. The molecule has 0 fully saturated rings. The van der Waals surface area contributed by atoms with Crippen molar-refractivity contribution in [2.45, 2.75) is 6.42 Å². The standard InChI is InChI=1S/C18H18ClNO4/c1-23-18(22)15-7-2-3-8-16(15)24-12-17(21)20-10-9-13-5-4-6-14(19)11-13/h2-8,11H,9-10,12H2,1H3,(H,20,21). The highest BCUT2D eigenvalue weighted by molar-refractivity contribution is 6.30. The molecular formula is C18H18ClNO4. The van der Waals surface area contributed by atoms with E-state index in [2.05, 4.69) is 10.1 Å². The predicted octanol–water partition coefficient (Wildman–Crippen LogP) is 2.86. The van der Waals surface area contributed by atoms with E-state index in [-0.39, 0.29) is 18.1 Å². The fourth-order valence-electron chi connectivity index (χ4n) is 2.10. The van der Waals surface area contributed by atoms with Gasteiger partial charge in [-0.2, -0.15) is 0 Å². The van der Waals surface area contributed by atoms with E-state index in [0.717, 1.165) is 5.56 Å². The van der Waals surface area contributed by atoms with Crippen LogP contribution in [0.25, 0.3) is 0 Å². The van der Waals surface area contributed by atoms with E-state index in [4.69, 9.17) is 16.3 Å². The maximum absolute atomic E-state index is 11.8. The first kappa shape index (κ1) is 17.8. The highest BCUT2D eigenvalue weighted by atomic mass is 35.5. The molecule has 0 aliphatic carbocycles. The molecule has 2 aromatic rings. The van der Waals surface area contributed by atoms with Gasteiger partial charge < -0.3 is 14.8 Å². The summed E-state index contributed by atoms with van der Waals surface area (Å²) in [5.74, 6) is -0.460. The molecule has 2 aromatic carbocycles. The summed E-state index contributed by atoms with van der Waals surface area (Å²) in [6.07, 6.45) is 0.672. The smallest absolute Gasteiger partial charge is 0.341 e. The number of benzene rings is 2. The summed E-state index contributed by atoms with van der Waals surface area (Å²) in [7, 11) is 1.29. The van der Waals surface area contributed by atoms with E-state index in [1.54, 1.807) is 30.3 Å². The molecule has 0 aliphatic rings. The van der Waals surface area contributed by atoms with Crippen LogP contribution in [0.15, 0.2) is 48.5 Å². The molecule has 0 bridgehead atoms. The van der Waals surface area contributed by atoms with Crippen molar-refractivity contribution in [1.82, 2.24) is 5.32 Å². The monoisotopic (exact) mass is 347 g/mol. The fraction of sp³-hybridized carbons (Fsp3) is 0.222. The van der Waals surface area contributed by atoms with E-state index >= 15 is 0 Å². The Balaban J connectivity index is 1.80. The van der Waals surface area contributed by atoms with Gasteiger partial charge in [-0.05, 0) is 36.2 Å². The van der Waals surface area contributed by atoms with Crippen LogP contribution in [0, 0.1) is 0 Å². The van der Waals surface area contributed by atoms with E-state index < -0.39 is 5.97 Å². The van der Waals surface area contributed by atoms with Crippen LogP contribution in [0.2, 0.25) is 5.02 Å². The van der Waals surface area contributed by atoms with Crippen molar-refractivity contribution in [3.8, 4) is 5.75 Å². The number of halogens is 1. The first-order valence-corrected chi connectivity index (χ1v) is 7.79. The number of hydrogen-bond donors (Lipinski definition) is 1. The Kier molecular flexibility index (Phi) is 6.63. The highest BCUT2D eigenvalue weighted by Gasteiger charge is 2.13. The van der Waals surface area contributed by atoms with Crippen LogP contribution in [0.3, 0.4) is 0 Å². The van der Waals surface area contributed by atoms with Gasteiger partial charge in [-0.15, -0.1) is 0 Å².